The molecule has 1 amide bonds. The first kappa shape index (κ1) is 18.0. The summed E-state index contributed by atoms with van der Waals surface area (Å²) < 4.78 is 2.27. The fourth-order valence-electron chi connectivity index (χ4n) is 3.90. The molecular weight excluding hydrogens is 354 g/mol. The Morgan fingerprint density at radius 3 is 2.46 bits per heavy atom. The van der Waals surface area contributed by atoms with Gasteiger partial charge in [-0.2, -0.15) is 0 Å². The SMILES string of the molecule is NC(=O)c1ccc2c(c1)nc(-c1ccc(C=CC(=O)O)cc1)n2C1CCCC1. The molecule has 28 heavy (non-hydrogen) atoms. The van der Waals surface area contributed by atoms with Gasteiger partial charge in [-0.1, -0.05) is 37.1 Å². The first-order valence-electron chi connectivity index (χ1n) is 9.36. The number of fused-ring (bicyclic) bond motifs is 1. The first-order chi connectivity index (χ1) is 13.5. The molecule has 1 heterocycles. The van der Waals surface area contributed by atoms with Gasteiger partial charge in [0.1, 0.15) is 5.82 Å². The van der Waals surface area contributed by atoms with E-state index in [1.165, 1.54) is 12.8 Å². The van der Waals surface area contributed by atoms with E-state index in [0.29, 0.717) is 11.6 Å². The van der Waals surface area contributed by atoms with Crippen LogP contribution in [-0.2, 0) is 4.79 Å². The van der Waals surface area contributed by atoms with Crippen LogP contribution in [0.1, 0.15) is 47.6 Å². The van der Waals surface area contributed by atoms with Crippen molar-refractivity contribution < 1.29 is 14.7 Å². The minimum Gasteiger partial charge on any atom is -0.478 e. The predicted molar refractivity (Wildman–Crippen MR) is 108 cm³/mol. The zero-order chi connectivity index (χ0) is 19.7. The second-order valence-electron chi connectivity index (χ2n) is 7.11. The number of aromatic nitrogens is 2. The molecule has 1 fully saturated rings. The lowest BCUT2D eigenvalue weighted by Crippen LogP contribution is -2.10. The van der Waals surface area contributed by atoms with Gasteiger partial charge in [0, 0.05) is 23.2 Å². The van der Waals surface area contributed by atoms with Crippen LogP contribution in [0.25, 0.3) is 28.5 Å². The Bertz CT molecular complexity index is 1070. The van der Waals surface area contributed by atoms with Crippen LogP contribution >= 0.6 is 0 Å². The van der Waals surface area contributed by atoms with E-state index < -0.39 is 11.9 Å². The van der Waals surface area contributed by atoms with E-state index in [-0.39, 0.29) is 0 Å². The molecule has 3 aromatic rings. The third-order valence-corrected chi connectivity index (χ3v) is 5.25. The number of benzene rings is 2. The number of primary amides is 1. The van der Waals surface area contributed by atoms with Crippen molar-refractivity contribution in [2.24, 2.45) is 5.73 Å². The number of amides is 1. The highest BCUT2D eigenvalue weighted by atomic mass is 16.4. The van der Waals surface area contributed by atoms with Crippen LogP contribution in [0, 0.1) is 0 Å². The van der Waals surface area contributed by atoms with Crippen molar-refractivity contribution in [1.29, 1.82) is 0 Å². The zero-order valence-electron chi connectivity index (χ0n) is 15.3. The Balaban J connectivity index is 1.81. The molecule has 3 N–H and O–H groups in total. The molecule has 0 aliphatic heterocycles. The molecule has 1 saturated carbocycles. The van der Waals surface area contributed by atoms with Gasteiger partial charge in [0.05, 0.1) is 11.0 Å². The third-order valence-electron chi connectivity index (χ3n) is 5.25. The summed E-state index contributed by atoms with van der Waals surface area (Å²) in [6.45, 7) is 0. The van der Waals surface area contributed by atoms with Gasteiger partial charge < -0.3 is 15.4 Å². The first-order valence-corrected chi connectivity index (χ1v) is 9.36. The standard InChI is InChI=1S/C22H21N3O3/c23-21(28)16-10-11-19-18(13-16)24-22(25(19)17-3-1-2-4-17)15-8-5-14(6-9-15)7-12-20(26)27/h5-13,17H,1-4H2,(H2,23,28)(H,26,27). The summed E-state index contributed by atoms with van der Waals surface area (Å²) in [5.74, 6) is -0.580. The second kappa shape index (κ2) is 7.31. The number of hydrogen-bond acceptors (Lipinski definition) is 3. The van der Waals surface area contributed by atoms with Crippen LogP contribution in [0.4, 0.5) is 0 Å². The molecule has 0 radical (unpaired) electrons. The molecule has 0 saturated heterocycles. The Kier molecular flexibility index (Phi) is 4.69. The van der Waals surface area contributed by atoms with Gasteiger partial charge >= 0.3 is 5.97 Å². The van der Waals surface area contributed by atoms with Gasteiger partial charge in [-0.25, -0.2) is 9.78 Å². The summed E-state index contributed by atoms with van der Waals surface area (Å²) in [6, 6.07) is 13.5. The number of nitrogens with zero attached hydrogens (tertiary/aromatic N) is 2. The van der Waals surface area contributed by atoms with Crippen molar-refractivity contribution in [3.05, 3.63) is 59.7 Å². The van der Waals surface area contributed by atoms with Gasteiger partial charge in [0.15, 0.2) is 0 Å². The molecule has 1 aliphatic rings. The smallest absolute Gasteiger partial charge is 0.328 e. The molecule has 1 aromatic heterocycles. The summed E-state index contributed by atoms with van der Waals surface area (Å²) in [6.07, 6.45) is 7.29. The quantitative estimate of drug-likeness (QED) is 0.658. The molecule has 6 heteroatoms. The Hall–Kier alpha value is -3.41. The second-order valence-corrected chi connectivity index (χ2v) is 7.11. The van der Waals surface area contributed by atoms with Gasteiger partial charge in [-0.05, 0) is 42.7 Å². The minimum absolute atomic E-state index is 0.381. The summed E-state index contributed by atoms with van der Waals surface area (Å²) in [4.78, 5) is 27.1. The molecule has 0 bridgehead atoms. The fourth-order valence-corrected chi connectivity index (χ4v) is 3.90. The maximum absolute atomic E-state index is 11.5. The van der Waals surface area contributed by atoms with Crippen LogP contribution in [-0.4, -0.2) is 26.5 Å². The minimum atomic E-state index is -0.975. The predicted octanol–water partition coefficient (Wildman–Crippen LogP) is 4.02. The number of carbonyl (C=O) groups is 2. The Morgan fingerprint density at radius 1 is 1.11 bits per heavy atom. The lowest BCUT2D eigenvalue weighted by Gasteiger charge is -2.16. The highest BCUT2D eigenvalue weighted by Crippen LogP contribution is 2.37. The molecule has 6 nitrogen and oxygen atoms in total. The van der Waals surface area contributed by atoms with Crippen molar-refractivity contribution >= 4 is 29.0 Å². The molecule has 142 valence electrons. The number of aliphatic carboxylic acids is 1. The molecule has 0 spiro atoms. The maximum atomic E-state index is 11.5. The van der Waals surface area contributed by atoms with Gasteiger partial charge in [0.2, 0.25) is 5.91 Å². The molecular formula is C22H21N3O3. The van der Waals surface area contributed by atoms with Gasteiger partial charge in [0.25, 0.3) is 0 Å². The summed E-state index contributed by atoms with van der Waals surface area (Å²) in [5, 5.41) is 8.77. The monoisotopic (exact) mass is 375 g/mol. The van der Waals surface area contributed by atoms with E-state index in [4.69, 9.17) is 15.8 Å². The van der Waals surface area contributed by atoms with Crippen molar-refractivity contribution in [1.82, 2.24) is 9.55 Å². The van der Waals surface area contributed by atoms with E-state index in [0.717, 1.165) is 46.9 Å². The molecule has 2 aromatic carbocycles. The van der Waals surface area contributed by atoms with Crippen LogP contribution in [0.3, 0.4) is 0 Å². The number of hydrogen-bond donors (Lipinski definition) is 2. The average molecular weight is 375 g/mol. The number of nitrogens with two attached hydrogens (primary N) is 1. The number of imidazole rings is 1. The van der Waals surface area contributed by atoms with E-state index in [2.05, 4.69) is 4.57 Å². The van der Waals surface area contributed by atoms with Crippen LogP contribution in [0.2, 0.25) is 0 Å². The normalized spacial score (nSPS) is 14.9. The topological polar surface area (TPSA) is 98.2 Å². The number of carboxylic acids is 1. The zero-order valence-corrected chi connectivity index (χ0v) is 15.3. The Labute approximate surface area is 162 Å². The largest absolute Gasteiger partial charge is 0.478 e. The van der Waals surface area contributed by atoms with Crippen molar-refractivity contribution in [2.45, 2.75) is 31.7 Å². The van der Waals surface area contributed by atoms with Crippen LogP contribution in [0.5, 0.6) is 0 Å². The summed E-state index contributed by atoms with van der Waals surface area (Å²) in [5.41, 5.74) is 9.40. The van der Waals surface area contributed by atoms with Gasteiger partial charge in [-0.15, -0.1) is 0 Å². The van der Waals surface area contributed by atoms with Gasteiger partial charge in [-0.3, -0.25) is 4.79 Å². The summed E-state index contributed by atoms with van der Waals surface area (Å²) in [7, 11) is 0. The van der Waals surface area contributed by atoms with Crippen molar-refractivity contribution in [3.8, 4) is 11.4 Å². The average Bonchev–Trinajstić information content (AvgIpc) is 3.33. The van der Waals surface area contributed by atoms with E-state index >= 15 is 0 Å². The maximum Gasteiger partial charge on any atom is 0.328 e. The van der Waals surface area contributed by atoms with Crippen molar-refractivity contribution in [3.63, 3.8) is 0 Å². The lowest BCUT2D eigenvalue weighted by molar-refractivity contribution is -0.131. The van der Waals surface area contributed by atoms with E-state index in [1.807, 2.05) is 30.3 Å². The fraction of sp³-hybridized carbons (Fsp3) is 0.227. The molecule has 4 rings (SSSR count). The van der Waals surface area contributed by atoms with Crippen LogP contribution < -0.4 is 5.73 Å². The Morgan fingerprint density at radius 2 is 1.82 bits per heavy atom. The van der Waals surface area contributed by atoms with E-state index in [1.54, 1.807) is 18.2 Å². The summed E-state index contributed by atoms with van der Waals surface area (Å²) >= 11 is 0. The molecule has 1 aliphatic carbocycles. The van der Waals surface area contributed by atoms with E-state index in [9.17, 15) is 9.59 Å². The third kappa shape index (κ3) is 3.41. The number of rotatable bonds is 5. The number of carboxylic acid groups (broad SMARTS) is 1. The number of carbonyl (C=O) groups excluding carboxylic acids is 1. The van der Waals surface area contributed by atoms with Crippen LogP contribution in [0.15, 0.2) is 48.5 Å². The highest BCUT2D eigenvalue weighted by Gasteiger charge is 2.23. The highest BCUT2D eigenvalue weighted by molar-refractivity contribution is 5.96. The molecule has 0 atom stereocenters. The lowest BCUT2D eigenvalue weighted by atomic mass is 10.1. The molecule has 0 unspecified atom stereocenters. The van der Waals surface area contributed by atoms with Crippen molar-refractivity contribution in [2.75, 3.05) is 0 Å².